The van der Waals surface area contributed by atoms with E-state index in [1.807, 2.05) is 11.6 Å². The van der Waals surface area contributed by atoms with Crippen molar-refractivity contribution >= 4 is 16.8 Å². The number of benzene rings is 1. The number of amides is 1. The van der Waals surface area contributed by atoms with Crippen LogP contribution in [-0.4, -0.2) is 27.0 Å². The van der Waals surface area contributed by atoms with Crippen LogP contribution in [0.15, 0.2) is 35.5 Å². The van der Waals surface area contributed by atoms with Crippen molar-refractivity contribution in [2.45, 2.75) is 33.2 Å². The lowest BCUT2D eigenvalue weighted by atomic mass is 10.0. The number of halogens is 3. The van der Waals surface area contributed by atoms with Crippen LogP contribution >= 0.6 is 0 Å². The highest BCUT2D eigenvalue weighted by Crippen LogP contribution is 2.28. The number of rotatable bonds is 4. The lowest BCUT2D eigenvalue weighted by Crippen LogP contribution is -2.19. The predicted molar refractivity (Wildman–Crippen MR) is 114 cm³/mol. The average Bonchev–Trinajstić information content (AvgIpc) is 2.74. The molecule has 32 heavy (non-hydrogen) atoms. The van der Waals surface area contributed by atoms with Crippen molar-refractivity contribution in [2.24, 2.45) is 12.0 Å². The molecule has 3 rings (SSSR count). The van der Waals surface area contributed by atoms with Gasteiger partial charge in [0.2, 0.25) is 5.91 Å². The number of nitrogens with zero attached hydrogens (tertiary/aromatic N) is 4. The number of fused-ring (bicyclic) bond motifs is 1. The van der Waals surface area contributed by atoms with Gasteiger partial charge >= 0.3 is 0 Å². The van der Waals surface area contributed by atoms with Crippen molar-refractivity contribution in [2.75, 3.05) is 6.54 Å². The third-order valence-corrected chi connectivity index (χ3v) is 4.94. The molecule has 1 aromatic carbocycles. The summed E-state index contributed by atoms with van der Waals surface area (Å²) in [5.74, 6) is 5.18. The fraction of sp³-hybridized carbons (Fsp3) is 0.304. The van der Waals surface area contributed by atoms with Gasteiger partial charge in [0.25, 0.3) is 6.43 Å². The Hall–Kier alpha value is -3.67. The number of carbonyl (C=O) groups excluding carboxylic acids is 1. The van der Waals surface area contributed by atoms with Gasteiger partial charge < -0.3 is 9.88 Å². The maximum Gasteiger partial charge on any atom is 0.266 e. The summed E-state index contributed by atoms with van der Waals surface area (Å²) in [6.45, 7) is 5.00. The molecular formula is C23H22F3N5O. The normalized spacial score (nSPS) is 12.6. The van der Waals surface area contributed by atoms with Gasteiger partial charge in [-0.25, -0.2) is 23.1 Å². The zero-order chi connectivity index (χ0) is 23.4. The van der Waals surface area contributed by atoms with E-state index in [2.05, 4.69) is 32.1 Å². The Morgan fingerprint density at radius 1 is 1.31 bits per heavy atom. The third-order valence-electron chi connectivity index (χ3n) is 4.94. The molecule has 0 aliphatic rings. The maximum atomic E-state index is 14.6. The summed E-state index contributed by atoms with van der Waals surface area (Å²) >= 11 is 0. The van der Waals surface area contributed by atoms with Crippen molar-refractivity contribution in [3.8, 4) is 11.8 Å². The van der Waals surface area contributed by atoms with Crippen molar-refractivity contribution in [1.82, 2.24) is 19.9 Å². The molecule has 6 nitrogen and oxygen atoms in total. The van der Waals surface area contributed by atoms with Gasteiger partial charge in [0.15, 0.2) is 5.49 Å². The highest BCUT2D eigenvalue weighted by Gasteiger charge is 2.19. The Bertz CT molecular complexity index is 1300. The quantitative estimate of drug-likeness (QED) is 0.630. The van der Waals surface area contributed by atoms with Crippen molar-refractivity contribution in [1.29, 1.82) is 0 Å². The van der Waals surface area contributed by atoms with Gasteiger partial charge in [-0.15, -0.1) is 0 Å². The number of pyridine rings is 1. The predicted octanol–water partition coefficient (Wildman–Crippen LogP) is 3.50. The van der Waals surface area contributed by atoms with Crippen LogP contribution in [-0.2, 0) is 11.8 Å². The van der Waals surface area contributed by atoms with Crippen LogP contribution in [0.25, 0.3) is 10.9 Å². The van der Waals surface area contributed by atoms with Crippen LogP contribution in [0.2, 0.25) is 0 Å². The van der Waals surface area contributed by atoms with E-state index >= 15 is 0 Å². The van der Waals surface area contributed by atoms with Crippen LogP contribution in [0.1, 0.15) is 49.0 Å². The largest absolute Gasteiger partial charge is 0.345 e. The molecule has 9 heteroatoms. The SMILES string of the molecule is CC(=O)NCC#Cc1cc2/c(=N/C(C)c3cccc(C(F)F)c3F)nc(C)n(C)c2cn1. The number of nitrogens with one attached hydrogen (secondary N) is 1. The summed E-state index contributed by atoms with van der Waals surface area (Å²) in [7, 11) is 1.83. The molecule has 1 unspecified atom stereocenters. The summed E-state index contributed by atoms with van der Waals surface area (Å²) in [5, 5.41) is 3.21. The van der Waals surface area contributed by atoms with E-state index in [1.165, 1.54) is 19.1 Å². The zero-order valence-corrected chi connectivity index (χ0v) is 18.1. The first-order valence-corrected chi connectivity index (χ1v) is 9.86. The van der Waals surface area contributed by atoms with Gasteiger partial charge in [0.05, 0.1) is 29.9 Å². The van der Waals surface area contributed by atoms with Gasteiger partial charge in [-0.1, -0.05) is 24.1 Å². The van der Waals surface area contributed by atoms with Gasteiger partial charge in [0.1, 0.15) is 17.3 Å². The van der Waals surface area contributed by atoms with E-state index in [9.17, 15) is 18.0 Å². The standard InChI is InChI=1S/C23H22F3N5O/c1-13(17-8-5-9-18(21(17)24)22(25)26)29-23-19-11-16(7-6-10-27-15(3)32)28-12-20(19)31(4)14(2)30-23/h5,8-9,11-13,22H,10H2,1-4H3,(H,27,32)/b29-23-. The van der Waals surface area contributed by atoms with Crippen LogP contribution in [0.4, 0.5) is 13.2 Å². The molecule has 0 aliphatic heterocycles. The molecule has 1 amide bonds. The zero-order valence-electron chi connectivity index (χ0n) is 18.1. The molecule has 0 fully saturated rings. The third kappa shape index (κ3) is 4.97. The molecule has 0 aliphatic carbocycles. The summed E-state index contributed by atoms with van der Waals surface area (Å²) < 4.78 is 42.6. The molecule has 2 heterocycles. The van der Waals surface area contributed by atoms with Gasteiger partial charge in [-0.3, -0.25) is 9.79 Å². The molecule has 0 bridgehead atoms. The van der Waals surface area contributed by atoms with E-state index in [-0.39, 0.29) is 18.0 Å². The van der Waals surface area contributed by atoms with E-state index < -0.39 is 23.8 Å². The smallest absolute Gasteiger partial charge is 0.266 e. The van der Waals surface area contributed by atoms with Crippen LogP contribution < -0.4 is 10.8 Å². The van der Waals surface area contributed by atoms with E-state index in [1.54, 1.807) is 26.1 Å². The minimum atomic E-state index is -2.91. The summed E-state index contributed by atoms with van der Waals surface area (Å²) in [6, 6.07) is 4.85. The minimum Gasteiger partial charge on any atom is -0.345 e. The summed E-state index contributed by atoms with van der Waals surface area (Å²) in [5.41, 5.74) is 0.922. The first-order chi connectivity index (χ1) is 15.2. The number of hydrogen-bond donors (Lipinski definition) is 1. The second kappa shape index (κ2) is 9.64. The van der Waals surface area contributed by atoms with Crippen molar-refractivity contribution in [3.63, 3.8) is 0 Å². The first-order valence-electron chi connectivity index (χ1n) is 9.86. The highest BCUT2D eigenvalue weighted by atomic mass is 19.3. The summed E-state index contributed by atoms with van der Waals surface area (Å²) in [6.07, 6.45) is -1.28. The molecule has 3 aromatic rings. The fourth-order valence-corrected chi connectivity index (χ4v) is 3.14. The van der Waals surface area contributed by atoms with Gasteiger partial charge in [-0.2, -0.15) is 0 Å². The monoisotopic (exact) mass is 441 g/mol. The van der Waals surface area contributed by atoms with Crippen LogP contribution in [0.5, 0.6) is 0 Å². The Kier molecular flexibility index (Phi) is 6.93. The Labute approximate surface area is 183 Å². The van der Waals surface area contributed by atoms with Crippen LogP contribution in [0.3, 0.4) is 0 Å². The number of alkyl halides is 2. The number of aromatic nitrogens is 3. The second-order valence-electron chi connectivity index (χ2n) is 7.20. The minimum absolute atomic E-state index is 0.0630. The molecular weight excluding hydrogens is 419 g/mol. The summed E-state index contributed by atoms with van der Waals surface area (Å²) in [4.78, 5) is 24.3. The van der Waals surface area contributed by atoms with Crippen molar-refractivity contribution < 1.29 is 18.0 Å². The molecule has 166 valence electrons. The van der Waals surface area contributed by atoms with E-state index in [0.717, 1.165) is 11.6 Å². The van der Waals surface area contributed by atoms with E-state index in [4.69, 9.17) is 0 Å². The topological polar surface area (TPSA) is 72.2 Å². The Balaban J connectivity index is 2.11. The highest BCUT2D eigenvalue weighted by molar-refractivity contribution is 5.78. The fourth-order valence-electron chi connectivity index (χ4n) is 3.14. The van der Waals surface area contributed by atoms with Gasteiger partial charge in [-0.05, 0) is 25.8 Å². The molecule has 1 atom stereocenters. The number of hydrogen-bond acceptors (Lipinski definition) is 4. The van der Waals surface area contributed by atoms with Gasteiger partial charge in [0, 0.05) is 24.9 Å². The lowest BCUT2D eigenvalue weighted by Gasteiger charge is -2.13. The Morgan fingerprint density at radius 3 is 2.72 bits per heavy atom. The average molecular weight is 441 g/mol. The first kappa shape index (κ1) is 23.0. The van der Waals surface area contributed by atoms with Crippen LogP contribution in [0, 0.1) is 24.6 Å². The van der Waals surface area contributed by atoms with E-state index in [0.29, 0.717) is 22.4 Å². The Morgan fingerprint density at radius 2 is 2.03 bits per heavy atom. The maximum absolute atomic E-state index is 14.6. The molecule has 0 saturated carbocycles. The molecule has 0 saturated heterocycles. The lowest BCUT2D eigenvalue weighted by molar-refractivity contribution is -0.118. The molecule has 0 spiro atoms. The number of carbonyl (C=O) groups is 1. The van der Waals surface area contributed by atoms with Crippen molar-refractivity contribution in [3.05, 3.63) is 64.4 Å². The molecule has 0 radical (unpaired) electrons. The molecule has 2 aromatic heterocycles. The number of aryl methyl sites for hydroxylation is 2. The second-order valence-corrected chi connectivity index (χ2v) is 7.20. The molecule has 1 N–H and O–H groups in total.